The van der Waals surface area contributed by atoms with Gasteiger partial charge in [0.25, 0.3) is 0 Å². The first kappa shape index (κ1) is 18.8. The smallest absolute Gasteiger partial charge is 0.225 e. The molecule has 2 aromatic carbocycles. The molecule has 1 N–H and O–H groups in total. The van der Waals surface area contributed by atoms with Crippen LogP contribution in [0.1, 0.15) is 6.42 Å². The van der Waals surface area contributed by atoms with Crippen molar-refractivity contribution in [3.63, 3.8) is 0 Å². The summed E-state index contributed by atoms with van der Waals surface area (Å²) in [6, 6.07) is 9.21. The number of hydrogen-bond acceptors (Lipinski definition) is 5. The number of ether oxygens (including phenoxy) is 2. The number of benzene rings is 2. The molecule has 1 amide bonds. The molecule has 6 nitrogen and oxygen atoms in total. The highest BCUT2D eigenvalue weighted by atomic mass is 35.5. The van der Waals surface area contributed by atoms with Crippen LogP contribution in [0.5, 0.6) is 11.5 Å². The van der Waals surface area contributed by atoms with Crippen molar-refractivity contribution in [2.24, 2.45) is 0 Å². The third kappa shape index (κ3) is 4.23. The molecule has 26 heavy (non-hydrogen) atoms. The van der Waals surface area contributed by atoms with Crippen LogP contribution in [0.15, 0.2) is 41.3 Å². The van der Waals surface area contributed by atoms with Gasteiger partial charge in [-0.05, 0) is 24.3 Å². The van der Waals surface area contributed by atoms with E-state index in [4.69, 9.17) is 32.7 Å². The van der Waals surface area contributed by atoms with Crippen LogP contribution in [-0.4, -0.2) is 33.3 Å². The number of halogens is 2. The maximum atomic E-state index is 12.5. The van der Waals surface area contributed by atoms with Crippen LogP contribution in [-0.2, 0) is 14.6 Å². The number of fused-ring (bicyclic) bond motifs is 1. The van der Waals surface area contributed by atoms with Gasteiger partial charge >= 0.3 is 0 Å². The maximum absolute atomic E-state index is 12.5. The Kier molecular flexibility index (Phi) is 5.60. The fourth-order valence-electron chi connectivity index (χ4n) is 2.38. The average molecular weight is 416 g/mol. The lowest BCUT2D eigenvalue weighted by atomic mass is 10.3. The lowest BCUT2D eigenvalue weighted by Crippen LogP contribution is -2.18. The van der Waals surface area contributed by atoms with Gasteiger partial charge in [-0.25, -0.2) is 8.42 Å². The van der Waals surface area contributed by atoms with E-state index in [-0.39, 0.29) is 22.1 Å². The zero-order valence-electron chi connectivity index (χ0n) is 13.5. The maximum Gasteiger partial charge on any atom is 0.225 e. The third-order valence-corrected chi connectivity index (χ3v) is 6.23. The summed E-state index contributed by atoms with van der Waals surface area (Å²) in [5.41, 5.74) is 0.334. The van der Waals surface area contributed by atoms with Crippen molar-refractivity contribution in [1.82, 2.24) is 0 Å². The van der Waals surface area contributed by atoms with Crippen LogP contribution in [0.4, 0.5) is 5.69 Å². The SMILES string of the molecule is O=C(CCS(=O)(=O)c1ccc2c(c1)OCCO2)Nc1cccc(Cl)c1Cl. The van der Waals surface area contributed by atoms with Crippen molar-refractivity contribution in [3.8, 4) is 11.5 Å². The second-order valence-electron chi connectivity index (χ2n) is 5.52. The Morgan fingerprint density at radius 2 is 1.81 bits per heavy atom. The number of anilines is 1. The largest absolute Gasteiger partial charge is 0.486 e. The van der Waals surface area contributed by atoms with Gasteiger partial charge in [0.2, 0.25) is 5.91 Å². The minimum Gasteiger partial charge on any atom is -0.486 e. The lowest BCUT2D eigenvalue weighted by Gasteiger charge is -2.18. The Labute approximate surface area is 160 Å². The molecule has 9 heteroatoms. The van der Waals surface area contributed by atoms with Gasteiger partial charge in [-0.2, -0.15) is 0 Å². The summed E-state index contributed by atoms with van der Waals surface area (Å²) in [6.45, 7) is 0.782. The topological polar surface area (TPSA) is 81.7 Å². The van der Waals surface area contributed by atoms with Gasteiger partial charge in [-0.3, -0.25) is 4.79 Å². The van der Waals surface area contributed by atoms with E-state index in [1.807, 2.05) is 0 Å². The van der Waals surface area contributed by atoms with E-state index in [9.17, 15) is 13.2 Å². The Hall–Kier alpha value is -1.96. The predicted octanol–water partition coefficient (Wildman–Crippen LogP) is 3.57. The van der Waals surface area contributed by atoms with Gasteiger partial charge in [0.05, 0.1) is 26.4 Å². The normalized spacial score (nSPS) is 13.3. The van der Waals surface area contributed by atoms with Crippen LogP contribution in [0, 0.1) is 0 Å². The van der Waals surface area contributed by atoms with Crippen LogP contribution >= 0.6 is 23.2 Å². The summed E-state index contributed by atoms with van der Waals surface area (Å²) in [5, 5.41) is 3.07. The molecular weight excluding hydrogens is 401 g/mol. The molecule has 0 saturated heterocycles. The van der Waals surface area contributed by atoms with E-state index in [2.05, 4.69) is 5.32 Å². The van der Waals surface area contributed by atoms with Crippen molar-refractivity contribution in [3.05, 3.63) is 46.4 Å². The molecule has 0 bridgehead atoms. The number of hydrogen-bond donors (Lipinski definition) is 1. The van der Waals surface area contributed by atoms with Gasteiger partial charge in [-0.1, -0.05) is 29.3 Å². The Morgan fingerprint density at radius 3 is 2.58 bits per heavy atom. The molecule has 0 fully saturated rings. The molecule has 0 aromatic heterocycles. The number of rotatable bonds is 5. The summed E-state index contributed by atoms with van der Waals surface area (Å²) in [6.07, 6.45) is -0.223. The fraction of sp³-hybridized carbons (Fsp3) is 0.235. The number of nitrogens with one attached hydrogen (secondary N) is 1. The van der Waals surface area contributed by atoms with Crippen molar-refractivity contribution in [1.29, 1.82) is 0 Å². The quantitative estimate of drug-likeness (QED) is 0.806. The van der Waals surface area contributed by atoms with Crippen molar-refractivity contribution in [2.75, 3.05) is 24.3 Å². The van der Waals surface area contributed by atoms with Gasteiger partial charge in [0.1, 0.15) is 13.2 Å². The third-order valence-electron chi connectivity index (χ3n) is 3.70. The molecule has 0 aliphatic carbocycles. The standard InChI is InChI=1S/C17H15Cl2NO5S/c18-12-2-1-3-13(17(12)19)20-16(21)6-9-26(22,23)11-4-5-14-15(10-11)25-8-7-24-14/h1-5,10H,6-9H2,(H,20,21). The highest BCUT2D eigenvalue weighted by Gasteiger charge is 2.21. The van der Waals surface area contributed by atoms with Crippen LogP contribution in [0.2, 0.25) is 10.0 Å². The first-order valence-electron chi connectivity index (χ1n) is 7.73. The average Bonchev–Trinajstić information content (AvgIpc) is 2.63. The monoisotopic (exact) mass is 415 g/mol. The molecule has 0 spiro atoms. The van der Waals surface area contributed by atoms with Crippen molar-refractivity contribution >= 4 is 44.6 Å². The lowest BCUT2D eigenvalue weighted by molar-refractivity contribution is -0.115. The Bertz CT molecular complexity index is 946. The van der Waals surface area contributed by atoms with Gasteiger partial charge in [0.15, 0.2) is 21.3 Å². The van der Waals surface area contributed by atoms with Gasteiger partial charge in [0, 0.05) is 12.5 Å². The second kappa shape index (κ2) is 7.73. The molecule has 0 unspecified atom stereocenters. The molecule has 3 rings (SSSR count). The summed E-state index contributed by atoms with van der Waals surface area (Å²) in [4.78, 5) is 12.1. The first-order valence-corrected chi connectivity index (χ1v) is 10.1. The van der Waals surface area contributed by atoms with Crippen molar-refractivity contribution in [2.45, 2.75) is 11.3 Å². The van der Waals surface area contributed by atoms with Crippen LogP contribution in [0.3, 0.4) is 0 Å². The van der Waals surface area contributed by atoms with Crippen LogP contribution < -0.4 is 14.8 Å². The van der Waals surface area contributed by atoms with E-state index in [1.165, 1.54) is 12.1 Å². The Morgan fingerprint density at radius 1 is 1.08 bits per heavy atom. The van der Waals surface area contributed by atoms with E-state index in [0.717, 1.165) is 0 Å². The molecular formula is C17H15Cl2NO5S. The second-order valence-corrected chi connectivity index (χ2v) is 8.42. The number of amides is 1. The molecule has 0 saturated carbocycles. The number of carbonyl (C=O) groups excluding carboxylic acids is 1. The van der Waals surface area contributed by atoms with Gasteiger partial charge in [-0.15, -0.1) is 0 Å². The van der Waals surface area contributed by atoms with Crippen molar-refractivity contribution < 1.29 is 22.7 Å². The number of sulfone groups is 1. The van der Waals surface area contributed by atoms with E-state index < -0.39 is 15.7 Å². The summed E-state index contributed by atoms with van der Waals surface area (Å²) >= 11 is 11.9. The Balaban J connectivity index is 1.66. The van der Waals surface area contributed by atoms with Gasteiger partial charge < -0.3 is 14.8 Å². The molecule has 0 radical (unpaired) electrons. The number of carbonyl (C=O) groups is 1. The van der Waals surface area contributed by atoms with E-state index in [0.29, 0.717) is 35.4 Å². The zero-order chi connectivity index (χ0) is 18.7. The molecule has 1 heterocycles. The minimum absolute atomic E-state index is 0.0790. The predicted molar refractivity (Wildman–Crippen MR) is 99.2 cm³/mol. The van der Waals surface area contributed by atoms with E-state index in [1.54, 1.807) is 24.3 Å². The highest BCUT2D eigenvalue weighted by Crippen LogP contribution is 2.33. The highest BCUT2D eigenvalue weighted by molar-refractivity contribution is 7.91. The molecule has 1 aliphatic heterocycles. The molecule has 0 atom stereocenters. The first-order chi connectivity index (χ1) is 12.4. The summed E-state index contributed by atoms with van der Waals surface area (Å²) in [5.74, 6) is 0.0581. The van der Waals surface area contributed by atoms with E-state index >= 15 is 0 Å². The summed E-state index contributed by atoms with van der Waals surface area (Å²) in [7, 11) is -3.65. The molecule has 2 aromatic rings. The molecule has 1 aliphatic rings. The fourth-order valence-corrected chi connectivity index (χ4v) is 3.97. The molecule has 138 valence electrons. The zero-order valence-corrected chi connectivity index (χ0v) is 15.8. The summed E-state index contributed by atoms with van der Waals surface area (Å²) < 4.78 is 35.7. The minimum atomic E-state index is -3.65. The van der Waals surface area contributed by atoms with Crippen LogP contribution in [0.25, 0.3) is 0 Å².